The van der Waals surface area contributed by atoms with E-state index in [1.54, 1.807) is 0 Å². The van der Waals surface area contributed by atoms with Gasteiger partial charge in [-0.2, -0.15) is 5.10 Å². The Morgan fingerprint density at radius 1 is 1.08 bits per heavy atom. The van der Waals surface area contributed by atoms with Crippen molar-refractivity contribution in [1.29, 1.82) is 0 Å². The first-order chi connectivity index (χ1) is 18.1. The van der Waals surface area contributed by atoms with Crippen molar-refractivity contribution in [3.63, 3.8) is 0 Å². The molecule has 0 aliphatic carbocycles. The molecule has 3 aromatic heterocycles. The highest BCUT2D eigenvalue weighted by molar-refractivity contribution is 6.08. The van der Waals surface area contributed by atoms with Gasteiger partial charge in [0.05, 0.1) is 16.8 Å². The summed E-state index contributed by atoms with van der Waals surface area (Å²) in [6, 6.07) is 9.92. The number of carbonyl (C=O) groups is 1. The number of likely N-dealkylation sites (N-methyl/N-ethyl adjacent to an activating group) is 1. The number of aryl methyl sites for hydroxylation is 2. The third kappa shape index (κ3) is 4.81. The van der Waals surface area contributed by atoms with E-state index in [2.05, 4.69) is 21.8 Å². The number of nitrogens with two attached hydrogens (primary N) is 1. The summed E-state index contributed by atoms with van der Waals surface area (Å²) in [5.41, 5.74) is 11.7. The van der Waals surface area contributed by atoms with Crippen LogP contribution in [0.25, 0.3) is 22.0 Å². The highest BCUT2D eigenvalue weighted by Crippen LogP contribution is 2.33. The zero-order valence-corrected chi connectivity index (χ0v) is 22.7. The molecule has 1 aromatic carbocycles. The van der Waals surface area contributed by atoms with Crippen LogP contribution in [0.4, 0.5) is 5.82 Å². The highest BCUT2D eigenvalue weighted by Gasteiger charge is 2.22. The third-order valence-electron chi connectivity index (χ3n) is 7.38. The molecule has 0 radical (unpaired) electrons. The van der Waals surface area contributed by atoms with Crippen molar-refractivity contribution in [2.45, 2.75) is 40.2 Å². The Bertz CT molecular complexity index is 1560. The summed E-state index contributed by atoms with van der Waals surface area (Å²) in [6.45, 7) is 11.8. The van der Waals surface area contributed by atoms with Crippen molar-refractivity contribution in [2.24, 2.45) is 5.73 Å². The van der Waals surface area contributed by atoms with E-state index < -0.39 is 5.91 Å². The monoisotopic (exact) mass is 513 g/mol. The summed E-state index contributed by atoms with van der Waals surface area (Å²) < 4.78 is 1.91. The molecule has 9 heteroatoms. The Kier molecular flexibility index (Phi) is 6.79. The Labute approximate surface area is 222 Å². The first-order valence-corrected chi connectivity index (χ1v) is 13.1. The van der Waals surface area contributed by atoms with Crippen LogP contribution in [0.3, 0.4) is 0 Å². The highest BCUT2D eigenvalue weighted by atomic mass is 16.1. The maximum Gasteiger partial charge on any atom is 0.251 e. The van der Waals surface area contributed by atoms with Crippen molar-refractivity contribution in [1.82, 2.24) is 24.6 Å². The smallest absolute Gasteiger partial charge is 0.251 e. The Hall–Kier alpha value is -3.98. The van der Waals surface area contributed by atoms with E-state index in [-0.39, 0.29) is 11.6 Å². The van der Waals surface area contributed by atoms with E-state index in [0.29, 0.717) is 28.6 Å². The van der Waals surface area contributed by atoms with Gasteiger partial charge in [-0.05, 0) is 76.2 Å². The minimum atomic E-state index is -0.530. The summed E-state index contributed by atoms with van der Waals surface area (Å²) in [5.74, 6) is 0.421. The van der Waals surface area contributed by atoms with E-state index in [4.69, 9.17) is 15.8 Å². The number of H-pyrrole nitrogens is 1. The summed E-state index contributed by atoms with van der Waals surface area (Å²) in [6.07, 6.45) is 2.16. The lowest BCUT2D eigenvalue weighted by Gasteiger charge is -2.33. The van der Waals surface area contributed by atoms with E-state index in [1.165, 1.54) is 0 Å². The molecule has 1 aliphatic heterocycles. The zero-order valence-electron chi connectivity index (χ0n) is 22.7. The maximum atomic E-state index is 12.8. The Balaban J connectivity index is 1.60. The Morgan fingerprint density at radius 2 is 1.82 bits per heavy atom. The number of aromatic nitrogens is 4. The lowest BCUT2D eigenvalue weighted by atomic mass is 9.96. The lowest BCUT2D eigenvalue weighted by molar-refractivity contribution is 0.100. The van der Waals surface area contributed by atoms with Crippen molar-refractivity contribution in [2.75, 3.05) is 38.1 Å². The molecule has 1 aliphatic rings. The number of pyridine rings is 2. The van der Waals surface area contributed by atoms with E-state index in [1.807, 2.05) is 68.9 Å². The molecule has 38 heavy (non-hydrogen) atoms. The van der Waals surface area contributed by atoms with Gasteiger partial charge in [0.15, 0.2) is 0 Å². The molecule has 0 saturated carbocycles. The summed E-state index contributed by atoms with van der Waals surface area (Å²) in [7, 11) is 2.13. The number of anilines is 1. The lowest BCUT2D eigenvalue weighted by Crippen LogP contribution is -2.44. The maximum absolute atomic E-state index is 12.8. The van der Waals surface area contributed by atoms with Gasteiger partial charge in [0.1, 0.15) is 5.82 Å². The number of benzene rings is 1. The summed E-state index contributed by atoms with van der Waals surface area (Å²) in [4.78, 5) is 37.7. The predicted molar refractivity (Wildman–Crippen MR) is 151 cm³/mol. The molecule has 9 nitrogen and oxygen atoms in total. The minimum Gasteiger partial charge on any atom is -0.366 e. The van der Waals surface area contributed by atoms with E-state index >= 15 is 0 Å². The fourth-order valence-corrected chi connectivity index (χ4v) is 5.27. The van der Waals surface area contributed by atoms with Crippen LogP contribution in [0.5, 0.6) is 0 Å². The van der Waals surface area contributed by atoms with Crippen molar-refractivity contribution >= 4 is 22.6 Å². The number of primary amides is 1. The molecule has 198 valence electrons. The second-order valence-corrected chi connectivity index (χ2v) is 10.6. The number of amides is 1. The molecule has 5 rings (SSSR count). The van der Waals surface area contributed by atoms with Crippen LogP contribution in [0, 0.1) is 13.8 Å². The quantitative estimate of drug-likeness (QED) is 0.408. The second-order valence-electron chi connectivity index (χ2n) is 10.6. The van der Waals surface area contributed by atoms with Gasteiger partial charge in [-0.15, -0.1) is 0 Å². The predicted octanol–water partition coefficient (Wildman–Crippen LogP) is 3.43. The van der Waals surface area contributed by atoms with Crippen molar-refractivity contribution < 1.29 is 4.79 Å². The number of nitrogens with zero attached hydrogens (tertiary/aromatic N) is 5. The summed E-state index contributed by atoms with van der Waals surface area (Å²) >= 11 is 0. The number of hydrogen-bond acceptors (Lipinski definition) is 6. The van der Waals surface area contributed by atoms with E-state index in [0.717, 1.165) is 59.9 Å². The Morgan fingerprint density at radius 3 is 2.42 bits per heavy atom. The number of fused-ring (bicyclic) bond motifs is 1. The van der Waals surface area contributed by atoms with Gasteiger partial charge in [-0.1, -0.05) is 0 Å². The third-order valence-corrected chi connectivity index (χ3v) is 7.38. The molecular weight excluding hydrogens is 478 g/mol. The standard InChI is InChI=1S/C29H35N7O2/c1-17(2)36-25-14-21(20-6-7-26(31-16-20)35-10-8-34(5)9-11-35)13-23(28(30)37)27(25)24(33-36)15-22-18(3)12-19(4)32-29(22)38/h6-7,12-14,16-17H,8-11,15H2,1-5H3,(H2,30,37)(H,32,38). The average molecular weight is 514 g/mol. The van der Waals surface area contributed by atoms with Gasteiger partial charge >= 0.3 is 0 Å². The summed E-state index contributed by atoms with van der Waals surface area (Å²) in [5, 5.41) is 5.57. The second kappa shape index (κ2) is 10.1. The number of piperazine rings is 1. The molecule has 4 heterocycles. The number of aromatic amines is 1. The molecule has 3 N–H and O–H groups in total. The molecule has 0 atom stereocenters. The SMILES string of the molecule is Cc1cc(C)c(Cc2nn(C(C)C)c3cc(-c4ccc(N5CCN(C)CC5)nc4)cc(C(N)=O)c23)c(=O)[nH]1. The fraction of sp³-hybridized carbons (Fsp3) is 0.379. The fourth-order valence-electron chi connectivity index (χ4n) is 5.27. The number of nitrogens with one attached hydrogen (secondary N) is 1. The van der Waals surface area contributed by atoms with E-state index in [9.17, 15) is 9.59 Å². The molecule has 0 spiro atoms. The van der Waals surface area contributed by atoms with Crippen LogP contribution in [0.2, 0.25) is 0 Å². The number of carbonyl (C=O) groups excluding carboxylic acids is 1. The molecule has 1 saturated heterocycles. The first-order valence-electron chi connectivity index (χ1n) is 13.1. The van der Waals surface area contributed by atoms with Crippen molar-refractivity contribution in [3.8, 4) is 11.1 Å². The van der Waals surface area contributed by atoms with Gasteiger partial charge in [0.25, 0.3) is 5.56 Å². The largest absolute Gasteiger partial charge is 0.366 e. The molecule has 1 fully saturated rings. The van der Waals surface area contributed by atoms with Gasteiger partial charge in [-0.3, -0.25) is 14.3 Å². The zero-order chi connectivity index (χ0) is 27.1. The van der Waals surface area contributed by atoms with Crippen LogP contribution in [0.1, 0.15) is 52.8 Å². The van der Waals surface area contributed by atoms with Crippen LogP contribution < -0.4 is 16.2 Å². The van der Waals surface area contributed by atoms with Crippen LogP contribution in [0.15, 0.2) is 41.3 Å². The van der Waals surface area contributed by atoms with Gasteiger partial charge in [0, 0.05) is 67.0 Å². The average Bonchev–Trinajstić information content (AvgIpc) is 3.25. The number of rotatable bonds is 6. The normalized spacial score (nSPS) is 14.5. The molecule has 1 amide bonds. The first kappa shape index (κ1) is 25.7. The minimum absolute atomic E-state index is 0.0392. The van der Waals surface area contributed by atoms with Crippen LogP contribution in [-0.2, 0) is 6.42 Å². The van der Waals surface area contributed by atoms with Crippen LogP contribution in [-0.4, -0.2) is 63.8 Å². The number of hydrogen-bond donors (Lipinski definition) is 2. The molecule has 4 aromatic rings. The topological polar surface area (TPSA) is 113 Å². The van der Waals surface area contributed by atoms with Gasteiger partial charge in [-0.25, -0.2) is 4.98 Å². The molecule has 0 unspecified atom stereocenters. The van der Waals surface area contributed by atoms with Crippen LogP contribution >= 0.6 is 0 Å². The van der Waals surface area contributed by atoms with Gasteiger partial charge in [0.2, 0.25) is 5.91 Å². The van der Waals surface area contributed by atoms with Gasteiger partial charge < -0.3 is 20.5 Å². The molecular formula is C29H35N7O2. The van der Waals surface area contributed by atoms with Crippen molar-refractivity contribution in [3.05, 3.63) is 75.0 Å². The molecule has 0 bridgehead atoms.